The Hall–Kier alpha value is -2.39. The smallest absolute Gasteiger partial charge is 0.271 e. The molecule has 0 saturated carbocycles. The number of nitrogens with two attached hydrogens (primary N) is 2. The lowest BCUT2D eigenvalue weighted by atomic mass is 10.1. The van der Waals surface area contributed by atoms with E-state index in [-0.39, 0.29) is 24.7 Å². The first-order valence-corrected chi connectivity index (χ1v) is 5.77. The fraction of sp³-hybridized carbons (Fsp3) is 0.308. The van der Waals surface area contributed by atoms with E-state index >= 15 is 0 Å². The van der Waals surface area contributed by atoms with Crippen molar-refractivity contribution in [3.63, 3.8) is 0 Å². The molecule has 1 atom stereocenters. The average Bonchev–Trinajstić information content (AvgIpc) is 2.35. The van der Waals surface area contributed by atoms with Crippen LogP contribution in [0.5, 0.6) is 0 Å². The Kier molecular flexibility index (Phi) is 5.51. The van der Waals surface area contributed by atoms with Crippen molar-refractivity contribution in [2.24, 2.45) is 11.5 Å². The highest BCUT2D eigenvalue weighted by Crippen LogP contribution is 2.04. The van der Waals surface area contributed by atoms with E-state index in [1.54, 1.807) is 19.1 Å². The number of carbonyl (C=O) groups excluding carboxylic acids is 2. The number of primary amides is 1. The number of rotatable bonds is 4. The van der Waals surface area contributed by atoms with Crippen LogP contribution in [0.15, 0.2) is 18.3 Å². The minimum Gasteiger partial charge on any atom is -0.370 e. The van der Waals surface area contributed by atoms with Crippen LogP contribution in [0.2, 0.25) is 0 Å². The lowest BCUT2D eigenvalue weighted by Crippen LogP contribution is -2.36. The summed E-state index contributed by atoms with van der Waals surface area (Å²) >= 11 is 0. The molecule has 19 heavy (non-hydrogen) atoms. The number of pyridine rings is 1. The number of amides is 2. The Labute approximate surface area is 111 Å². The van der Waals surface area contributed by atoms with Crippen LogP contribution >= 0.6 is 0 Å². The molecule has 0 saturated heterocycles. The maximum Gasteiger partial charge on any atom is 0.271 e. The van der Waals surface area contributed by atoms with Gasteiger partial charge in [0.2, 0.25) is 5.91 Å². The van der Waals surface area contributed by atoms with Crippen LogP contribution in [0.25, 0.3) is 0 Å². The molecule has 1 aromatic heterocycles. The number of aromatic nitrogens is 1. The molecule has 2 amide bonds. The van der Waals surface area contributed by atoms with Crippen LogP contribution in [0.3, 0.4) is 0 Å². The number of hydrogen-bond acceptors (Lipinski definition) is 4. The van der Waals surface area contributed by atoms with Gasteiger partial charge in [-0.3, -0.25) is 9.59 Å². The summed E-state index contributed by atoms with van der Waals surface area (Å²) in [5.41, 5.74) is 11.1. The molecule has 0 aliphatic carbocycles. The Morgan fingerprint density at radius 2 is 2.26 bits per heavy atom. The first-order chi connectivity index (χ1) is 9.04. The number of carbonyl (C=O) groups is 2. The van der Waals surface area contributed by atoms with Crippen LogP contribution in [-0.4, -0.2) is 29.4 Å². The lowest BCUT2D eigenvalue weighted by Gasteiger charge is -2.12. The Balaban J connectivity index is 2.85. The van der Waals surface area contributed by atoms with Crippen molar-refractivity contribution in [1.82, 2.24) is 10.3 Å². The van der Waals surface area contributed by atoms with Crippen LogP contribution in [0.4, 0.5) is 0 Å². The van der Waals surface area contributed by atoms with Crippen molar-refractivity contribution >= 4 is 11.8 Å². The van der Waals surface area contributed by atoms with Crippen molar-refractivity contribution in [3.8, 4) is 11.8 Å². The van der Waals surface area contributed by atoms with Crippen molar-refractivity contribution in [1.29, 1.82) is 0 Å². The topological polar surface area (TPSA) is 111 Å². The summed E-state index contributed by atoms with van der Waals surface area (Å²) in [4.78, 5) is 26.7. The summed E-state index contributed by atoms with van der Waals surface area (Å²) in [5.74, 6) is 4.58. The van der Waals surface area contributed by atoms with E-state index in [9.17, 15) is 9.59 Å². The van der Waals surface area contributed by atoms with Gasteiger partial charge in [-0.1, -0.05) is 11.8 Å². The van der Waals surface area contributed by atoms with E-state index in [1.165, 1.54) is 6.20 Å². The van der Waals surface area contributed by atoms with Gasteiger partial charge < -0.3 is 16.8 Å². The molecular weight excluding hydrogens is 244 g/mol. The highest BCUT2D eigenvalue weighted by atomic mass is 16.2. The van der Waals surface area contributed by atoms with Gasteiger partial charge in [-0.2, -0.15) is 0 Å². The zero-order valence-corrected chi connectivity index (χ0v) is 10.6. The van der Waals surface area contributed by atoms with Crippen molar-refractivity contribution < 1.29 is 9.59 Å². The molecule has 1 unspecified atom stereocenters. The van der Waals surface area contributed by atoms with E-state index in [0.717, 1.165) is 0 Å². The van der Waals surface area contributed by atoms with Gasteiger partial charge >= 0.3 is 0 Å². The van der Waals surface area contributed by atoms with Gasteiger partial charge in [-0.25, -0.2) is 4.98 Å². The van der Waals surface area contributed by atoms with Crippen molar-refractivity contribution in [2.75, 3.05) is 6.54 Å². The van der Waals surface area contributed by atoms with E-state index < -0.39 is 11.8 Å². The van der Waals surface area contributed by atoms with Gasteiger partial charge in [-0.05, 0) is 19.1 Å². The van der Waals surface area contributed by atoms with Gasteiger partial charge in [0.05, 0.1) is 12.1 Å². The number of hydrogen-bond donors (Lipinski definition) is 3. The molecule has 6 nitrogen and oxygen atoms in total. The fourth-order valence-electron chi connectivity index (χ4n) is 1.48. The second kappa shape index (κ2) is 7.13. The summed E-state index contributed by atoms with van der Waals surface area (Å²) in [5, 5.41) is 2.64. The molecule has 0 spiro atoms. The number of nitrogens with zero attached hydrogens (tertiary/aromatic N) is 1. The van der Waals surface area contributed by atoms with Gasteiger partial charge in [0, 0.05) is 18.7 Å². The Bertz CT molecular complexity index is 531. The third kappa shape index (κ3) is 4.77. The van der Waals surface area contributed by atoms with Gasteiger partial charge in [-0.15, -0.1) is 0 Å². The molecular formula is C13H16N4O2. The summed E-state index contributed by atoms with van der Waals surface area (Å²) in [6.07, 6.45) is 1.57. The first kappa shape index (κ1) is 14.7. The minimum atomic E-state index is -0.475. The van der Waals surface area contributed by atoms with Crippen molar-refractivity contribution in [2.45, 2.75) is 19.4 Å². The first-order valence-electron chi connectivity index (χ1n) is 5.77. The molecule has 6 heteroatoms. The van der Waals surface area contributed by atoms with E-state index in [0.29, 0.717) is 5.56 Å². The maximum atomic E-state index is 12.0. The third-order valence-corrected chi connectivity index (χ3v) is 2.23. The summed E-state index contributed by atoms with van der Waals surface area (Å²) in [6.45, 7) is 1.89. The molecule has 100 valence electrons. The van der Waals surface area contributed by atoms with E-state index in [2.05, 4.69) is 22.1 Å². The lowest BCUT2D eigenvalue weighted by molar-refractivity contribution is -0.118. The van der Waals surface area contributed by atoms with Gasteiger partial charge in [0.25, 0.3) is 5.91 Å². The number of nitrogens with one attached hydrogen (secondary N) is 1. The predicted octanol–water partition coefficient (Wildman–Crippen LogP) is -0.614. The van der Waals surface area contributed by atoms with Crippen LogP contribution in [0.1, 0.15) is 29.4 Å². The Morgan fingerprint density at radius 3 is 2.89 bits per heavy atom. The maximum absolute atomic E-state index is 12.0. The highest BCUT2D eigenvalue weighted by molar-refractivity contribution is 5.95. The molecule has 0 aliphatic heterocycles. The third-order valence-electron chi connectivity index (χ3n) is 2.23. The quantitative estimate of drug-likeness (QED) is 0.627. The second-order valence-corrected chi connectivity index (χ2v) is 3.95. The summed E-state index contributed by atoms with van der Waals surface area (Å²) in [6, 6.07) is 3.01. The monoisotopic (exact) mass is 260 g/mol. The molecule has 0 radical (unpaired) electrons. The average molecular weight is 260 g/mol. The summed E-state index contributed by atoms with van der Waals surface area (Å²) in [7, 11) is 0. The Morgan fingerprint density at radius 1 is 1.53 bits per heavy atom. The molecule has 0 bridgehead atoms. The van der Waals surface area contributed by atoms with Crippen LogP contribution in [0, 0.1) is 11.8 Å². The zero-order valence-electron chi connectivity index (χ0n) is 10.6. The molecule has 1 rings (SSSR count). The van der Waals surface area contributed by atoms with Crippen LogP contribution in [-0.2, 0) is 4.79 Å². The van der Waals surface area contributed by atoms with Crippen LogP contribution < -0.4 is 16.8 Å². The van der Waals surface area contributed by atoms with Crippen molar-refractivity contribution in [3.05, 3.63) is 29.6 Å². The molecule has 5 N–H and O–H groups in total. The molecule has 1 heterocycles. The molecule has 0 aromatic carbocycles. The normalized spacial score (nSPS) is 11.1. The predicted molar refractivity (Wildman–Crippen MR) is 70.9 cm³/mol. The van der Waals surface area contributed by atoms with E-state index in [4.69, 9.17) is 11.5 Å². The molecule has 1 aromatic rings. The van der Waals surface area contributed by atoms with Gasteiger partial charge in [0.15, 0.2) is 0 Å². The largest absolute Gasteiger partial charge is 0.370 e. The zero-order chi connectivity index (χ0) is 14.3. The van der Waals surface area contributed by atoms with Gasteiger partial charge in [0.1, 0.15) is 5.69 Å². The highest BCUT2D eigenvalue weighted by Gasteiger charge is 2.15. The molecule has 0 fully saturated rings. The second-order valence-electron chi connectivity index (χ2n) is 3.95. The molecule has 0 aliphatic rings. The standard InChI is InChI=1S/C13H16N4O2/c1-9(8-11(15)18)17-13(19)12-10(4-2-6-14)5-3-7-16-12/h3,5,7,9H,6,8,14H2,1H3,(H2,15,18)(H,17,19). The fourth-order valence-corrected chi connectivity index (χ4v) is 1.48. The summed E-state index contributed by atoms with van der Waals surface area (Å²) < 4.78 is 0. The SMILES string of the molecule is CC(CC(N)=O)NC(=O)c1ncccc1C#CCN. The van der Waals surface area contributed by atoms with E-state index in [1.807, 2.05) is 0 Å². The minimum absolute atomic E-state index is 0.0718.